The summed E-state index contributed by atoms with van der Waals surface area (Å²) < 4.78 is 0. The number of carbonyl (C=O) groups is 1. The van der Waals surface area contributed by atoms with Crippen molar-refractivity contribution in [2.45, 2.75) is 19.6 Å². The molecule has 0 aliphatic heterocycles. The summed E-state index contributed by atoms with van der Waals surface area (Å²) in [6, 6.07) is 3.75. The maximum atomic E-state index is 11.0. The Morgan fingerprint density at radius 2 is 2.17 bits per heavy atom. The van der Waals surface area contributed by atoms with Crippen LogP contribution in [0.4, 0.5) is 0 Å². The minimum absolute atomic E-state index is 0.00370. The Morgan fingerprint density at radius 1 is 1.44 bits per heavy atom. The molecular formula is C14H16ClNOSi. The SMILES string of the molecule is C[Si](C)(C)C#Cc1ccc(/C=C/C(=O)CCl)nc1. The highest BCUT2D eigenvalue weighted by Crippen LogP contribution is 2.03. The topological polar surface area (TPSA) is 30.0 Å². The van der Waals surface area contributed by atoms with Gasteiger partial charge in [-0.3, -0.25) is 9.78 Å². The molecule has 0 aliphatic carbocycles. The fourth-order valence-corrected chi connectivity index (χ4v) is 1.67. The van der Waals surface area contributed by atoms with Crippen LogP contribution in [0.3, 0.4) is 0 Å². The van der Waals surface area contributed by atoms with Gasteiger partial charge >= 0.3 is 0 Å². The number of nitrogens with zero attached hydrogens (tertiary/aromatic N) is 1. The summed E-state index contributed by atoms with van der Waals surface area (Å²) in [4.78, 5) is 15.2. The van der Waals surface area contributed by atoms with E-state index >= 15 is 0 Å². The highest BCUT2D eigenvalue weighted by atomic mass is 35.5. The largest absolute Gasteiger partial charge is 0.294 e. The Balaban J connectivity index is 2.77. The van der Waals surface area contributed by atoms with E-state index in [0.717, 1.165) is 11.3 Å². The zero-order valence-corrected chi connectivity index (χ0v) is 12.6. The van der Waals surface area contributed by atoms with Gasteiger partial charge in [0.25, 0.3) is 0 Å². The summed E-state index contributed by atoms with van der Waals surface area (Å²) in [7, 11) is -1.35. The molecule has 0 fully saturated rings. The maximum absolute atomic E-state index is 11.0. The fourth-order valence-electron chi connectivity index (χ4n) is 1.06. The van der Waals surface area contributed by atoms with Crippen molar-refractivity contribution in [1.82, 2.24) is 4.98 Å². The Morgan fingerprint density at radius 3 is 2.67 bits per heavy atom. The number of carbonyl (C=O) groups excluding carboxylic acids is 1. The van der Waals surface area contributed by atoms with Gasteiger partial charge in [-0.25, -0.2) is 0 Å². The van der Waals surface area contributed by atoms with Gasteiger partial charge in [0.15, 0.2) is 5.78 Å². The molecule has 0 amide bonds. The van der Waals surface area contributed by atoms with Crippen LogP contribution in [-0.2, 0) is 4.79 Å². The second-order valence-corrected chi connectivity index (χ2v) is 9.92. The van der Waals surface area contributed by atoms with Crippen molar-refractivity contribution >= 4 is 31.5 Å². The second-order valence-electron chi connectivity index (χ2n) is 4.91. The molecule has 1 aromatic heterocycles. The van der Waals surface area contributed by atoms with Gasteiger partial charge in [0.2, 0.25) is 0 Å². The third kappa shape index (κ3) is 5.81. The number of alkyl halides is 1. The second kappa shape index (κ2) is 6.53. The van der Waals surface area contributed by atoms with Crippen LogP contribution in [0.25, 0.3) is 6.08 Å². The molecule has 0 aromatic carbocycles. The molecule has 1 rings (SSSR count). The molecule has 0 bridgehead atoms. The van der Waals surface area contributed by atoms with Crippen molar-refractivity contribution in [3.05, 3.63) is 35.7 Å². The molecular weight excluding hydrogens is 262 g/mol. The summed E-state index contributed by atoms with van der Waals surface area (Å²) in [6.07, 6.45) is 4.81. The number of ketones is 1. The lowest BCUT2D eigenvalue weighted by Crippen LogP contribution is -2.16. The lowest BCUT2D eigenvalue weighted by Gasteiger charge is -2.03. The Bertz CT molecular complexity index is 503. The smallest absolute Gasteiger partial charge is 0.170 e. The summed E-state index contributed by atoms with van der Waals surface area (Å²) in [5.41, 5.74) is 4.91. The van der Waals surface area contributed by atoms with E-state index in [1.807, 2.05) is 12.1 Å². The first-order valence-corrected chi connectivity index (χ1v) is 9.70. The zero-order chi connectivity index (χ0) is 13.6. The third-order valence-corrected chi connectivity index (χ3v) is 3.08. The van der Waals surface area contributed by atoms with E-state index in [1.54, 1.807) is 12.3 Å². The first-order chi connectivity index (χ1) is 8.40. The Labute approximate surface area is 114 Å². The van der Waals surface area contributed by atoms with Crippen LogP contribution in [-0.4, -0.2) is 24.7 Å². The van der Waals surface area contributed by atoms with Gasteiger partial charge in [0.05, 0.1) is 11.6 Å². The fraction of sp³-hybridized carbons (Fsp3) is 0.286. The van der Waals surface area contributed by atoms with Crippen LogP contribution in [0.15, 0.2) is 24.4 Å². The summed E-state index contributed by atoms with van der Waals surface area (Å²) in [6.45, 7) is 6.59. The van der Waals surface area contributed by atoms with Crippen LogP contribution in [0, 0.1) is 11.5 Å². The van der Waals surface area contributed by atoms with Gasteiger partial charge in [-0.05, 0) is 24.3 Å². The van der Waals surface area contributed by atoms with Gasteiger partial charge in [-0.15, -0.1) is 17.1 Å². The van der Waals surface area contributed by atoms with Crippen LogP contribution in [0.2, 0.25) is 19.6 Å². The van der Waals surface area contributed by atoms with Gasteiger partial charge in [-0.2, -0.15) is 0 Å². The van der Waals surface area contributed by atoms with Crippen LogP contribution in [0.1, 0.15) is 11.3 Å². The van der Waals surface area contributed by atoms with E-state index < -0.39 is 8.07 Å². The van der Waals surface area contributed by atoms with E-state index in [0.29, 0.717) is 0 Å². The average Bonchev–Trinajstić information content (AvgIpc) is 2.33. The molecule has 0 aliphatic rings. The normalized spacial score (nSPS) is 11.1. The number of hydrogen-bond acceptors (Lipinski definition) is 2. The lowest BCUT2D eigenvalue weighted by atomic mass is 10.2. The molecule has 0 radical (unpaired) electrons. The number of pyridine rings is 1. The quantitative estimate of drug-likeness (QED) is 0.368. The number of rotatable bonds is 3. The van der Waals surface area contributed by atoms with Crippen molar-refractivity contribution in [1.29, 1.82) is 0 Å². The van der Waals surface area contributed by atoms with E-state index in [-0.39, 0.29) is 11.7 Å². The highest BCUT2D eigenvalue weighted by molar-refractivity contribution is 6.83. The van der Waals surface area contributed by atoms with E-state index in [4.69, 9.17) is 11.6 Å². The van der Waals surface area contributed by atoms with Crippen molar-refractivity contribution in [2.24, 2.45) is 0 Å². The molecule has 0 saturated heterocycles. The summed E-state index contributed by atoms with van der Waals surface area (Å²) in [5.74, 6) is 3.00. The zero-order valence-electron chi connectivity index (χ0n) is 10.8. The minimum Gasteiger partial charge on any atom is -0.294 e. The first-order valence-electron chi connectivity index (χ1n) is 5.67. The molecule has 0 unspecified atom stereocenters. The number of hydrogen-bond donors (Lipinski definition) is 0. The molecule has 0 N–H and O–H groups in total. The first kappa shape index (κ1) is 14.7. The van der Waals surface area contributed by atoms with Crippen LogP contribution in [0.5, 0.6) is 0 Å². The van der Waals surface area contributed by atoms with E-state index in [2.05, 4.69) is 36.1 Å². The standard InChI is InChI=1S/C14H16ClNOSi/c1-18(2,3)9-8-12-4-5-13(16-11-12)6-7-14(17)10-15/h4-7,11H,10H2,1-3H3/b7-6+. The van der Waals surface area contributed by atoms with Gasteiger partial charge < -0.3 is 0 Å². The predicted molar refractivity (Wildman–Crippen MR) is 79.2 cm³/mol. The molecule has 94 valence electrons. The predicted octanol–water partition coefficient (Wildman–Crippen LogP) is 3.13. The molecule has 4 heteroatoms. The van der Waals surface area contributed by atoms with Gasteiger partial charge in [0.1, 0.15) is 8.07 Å². The van der Waals surface area contributed by atoms with E-state index in [1.165, 1.54) is 6.08 Å². The van der Waals surface area contributed by atoms with Gasteiger partial charge in [-0.1, -0.05) is 25.6 Å². The van der Waals surface area contributed by atoms with Crippen LogP contribution < -0.4 is 0 Å². The molecule has 1 heterocycles. The Kier molecular flexibility index (Phi) is 5.33. The number of halogens is 1. The maximum Gasteiger partial charge on any atom is 0.170 e. The monoisotopic (exact) mass is 277 g/mol. The summed E-state index contributed by atoms with van der Waals surface area (Å²) >= 11 is 5.39. The summed E-state index contributed by atoms with van der Waals surface area (Å²) in [5, 5.41) is 0. The molecule has 0 saturated carbocycles. The van der Waals surface area contributed by atoms with Crippen LogP contribution >= 0.6 is 11.6 Å². The molecule has 0 atom stereocenters. The minimum atomic E-state index is -1.35. The van der Waals surface area contributed by atoms with Crippen molar-refractivity contribution in [2.75, 3.05) is 5.88 Å². The van der Waals surface area contributed by atoms with Crippen molar-refractivity contribution in [3.63, 3.8) is 0 Å². The van der Waals surface area contributed by atoms with Crippen molar-refractivity contribution < 1.29 is 4.79 Å². The van der Waals surface area contributed by atoms with Gasteiger partial charge in [0, 0.05) is 11.8 Å². The molecule has 0 spiro atoms. The van der Waals surface area contributed by atoms with Crippen molar-refractivity contribution in [3.8, 4) is 11.5 Å². The Hall–Kier alpha value is -1.37. The number of allylic oxidation sites excluding steroid dienone is 1. The average molecular weight is 278 g/mol. The molecule has 1 aromatic rings. The molecule has 2 nitrogen and oxygen atoms in total. The third-order valence-electron chi connectivity index (χ3n) is 1.94. The van der Waals surface area contributed by atoms with E-state index in [9.17, 15) is 4.79 Å². The lowest BCUT2D eigenvalue weighted by molar-refractivity contribution is -0.112. The molecule has 18 heavy (non-hydrogen) atoms. The number of aromatic nitrogens is 1. The highest BCUT2D eigenvalue weighted by Gasteiger charge is 2.07.